The second kappa shape index (κ2) is 8.48. The summed E-state index contributed by atoms with van der Waals surface area (Å²) in [6, 6.07) is 0.636. The van der Waals surface area contributed by atoms with Gasteiger partial charge in [-0.3, -0.25) is 4.79 Å². The minimum atomic E-state index is 0.144. The summed E-state index contributed by atoms with van der Waals surface area (Å²) >= 11 is 0. The van der Waals surface area contributed by atoms with Gasteiger partial charge in [0.2, 0.25) is 5.91 Å². The van der Waals surface area contributed by atoms with E-state index in [1.165, 1.54) is 25.7 Å². The van der Waals surface area contributed by atoms with Gasteiger partial charge in [-0.05, 0) is 32.4 Å². The van der Waals surface area contributed by atoms with Crippen molar-refractivity contribution < 1.29 is 4.79 Å². The molecule has 0 aromatic rings. The monoisotopic (exact) mass is 241 g/mol. The molecule has 0 aromatic carbocycles. The molecule has 1 saturated heterocycles. The molecule has 1 heterocycles. The SMILES string of the molecule is CCCCN(CCC(=O)NC)CC1CCCN1. The van der Waals surface area contributed by atoms with Crippen molar-refractivity contribution in [1.82, 2.24) is 15.5 Å². The molecule has 1 aliphatic rings. The van der Waals surface area contributed by atoms with Crippen molar-refractivity contribution in [1.29, 1.82) is 0 Å². The Morgan fingerprint density at radius 3 is 2.88 bits per heavy atom. The fourth-order valence-corrected chi connectivity index (χ4v) is 2.28. The molecule has 4 heteroatoms. The van der Waals surface area contributed by atoms with Crippen molar-refractivity contribution in [3.05, 3.63) is 0 Å². The molecule has 1 unspecified atom stereocenters. The molecule has 0 radical (unpaired) electrons. The van der Waals surface area contributed by atoms with Gasteiger partial charge in [-0.2, -0.15) is 0 Å². The largest absolute Gasteiger partial charge is 0.359 e. The Morgan fingerprint density at radius 2 is 2.29 bits per heavy atom. The van der Waals surface area contributed by atoms with Crippen molar-refractivity contribution in [2.24, 2.45) is 0 Å². The van der Waals surface area contributed by atoms with Gasteiger partial charge in [0.05, 0.1) is 0 Å². The molecule has 4 nitrogen and oxygen atoms in total. The first-order chi connectivity index (χ1) is 8.26. The van der Waals surface area contributed by atoms with Crippen LogP contribution in [-0.2, 0) is 4.79 Å². The molecule has 100 valence electrons. The molecule has 2 N–H and O–H groups in total. The number of nitrogens with one attached hydrogen (secondary N) is 2. The molecule has 0 aromatic heterocycles. The lowest BCUT2D eigenvalue weighted by Crippen LogP contribution is -2.39. The quantitative estimate of drug-likeness (QED) is 0.666. The first-order valence-corrected chi connectivity index (χ1v) is 6.92. The standard InChI is InChI=1S/C13H27N3O/c1-3-4-9-16(10-7-13(17)14-2)11-12-6-5-8-15-12/h12,15H,3-11H2,1-2H3,(H,14,17). The maximum absolute atomic E-state index is 11.3. The van der Waals surface area contributed by atoms with Crippen LogP contribution in [0.1, 0.15) is 39.0 Å². The van der Waals surface area contributed by atoms with Crippen LogP contribution in [0.4, 0.5) is 0 Å². The van der Waals surface area contributed by atoms with Crippen molar-refractivity contribution >= 4 is 5.91 Å². The fraction of sp³-hybridized carbons (Fsp3) is 0.923. The van der Waals surface area contributed by atoms with Crippen LogP contribution in [0.3, 0.4) is 0 Å². The highest BCUT2D eigenvalue weighted by molar-refractivity contribution is 5.75. The van der Waals surface area contributed by atoms with Gasteiger partial charge in [0.15, 0.2) is 0 Å². The summed E-state index contributed by atoms with van der Waals surface area (Å²) in [5.41, 5.74) is 0. The number of nitrogens with zero attached hydrogens (tertiary/aromatic N) is 1. The zero-order chi connectivity index (χ0) is 12.5. The Morgan fingerprint density at radius 1 is 1.47 bits per heavy atom. The van der Waals surface area contributed by atoms with Crippen LogP contribution in [0, 0.1) is 0 Å². The third-order valence-electron chi connectivity index (χ3n) is 3.40. The van der Waals surface area contributed by atoms with E-state index in [0.717, 1.165) is 26.2 Å². The Hall–Kier alpha value is -0.610. The van der Waals surface area contributed by atoms with Crippen LogP contribution < -0.4 is 10.6 Å². The van der Waals surface area contributed by atoms with Gasteiger partial charge in [-0.15, -0.1) is 0 Å². The molecule has 0 saturated carbocycles. The van der Waals surface area contributed by atoms with E-state index in [2.05, 4.69) is 22.5 Å². The Bertz CT molecular complexity index is 215. The number of hydrogen-bond acceptors (Lipinski definition) is 3. The molecule has 17 heavy (non-hydrogen) atoms. The summed E-state index contributed by atoms with van der Waals surface area (Å²) in [5.74, 6) is 0.144. The number of rotatable bonds is 8. The van der Waals surface area contributed by atoms with Crippen molar-refractivity contribution in [2.75, 3.05) is 33.2 Å². The van der Waals surface area contributed by atoms with E-state index in [4.69, 9.17) is 0 Å². The van der Waals surface area contributed by atoms with E-state index in [-0.39, 0.29) is 5.91 Å². The zero-order valence-electron chi connectivity index (χ0n) is 11.3. The summed E-state index contributed by atoms with van der Waals surface area (Å²) in [6.45, 7) is 6.47. The maximum atomic E-state index is 11.3. The first-order valence-electron chi connectivity index (χ1n) is 6.92. The van der Waals surface area contributed by atoms with Gasteiger partial charge in [0, 0.05) is 32.6 Å². The zero-order valence-corrected chi connectivity index (χ0v) is 11.3. The van der Waals surface area contributed by atoms with E-state index in [1.807, 2.05) is 0 Å². The van der Waals surface area contributed by atoms with Gasteiger partial charge in [-0.25, -0.2) is 0 Å². The summed E-state index contributed by atoms with van der Waals surface area (Å²) in [4.78, 5) is 13.7. The number of unbranched alkanes of at least 4 members (excludes halogenated alkanes) is 1. The van der Waals surface area contributed by atoms with E-state index < -0.39 is 0 Å². The molecule has 0 bridgehead atoms. The van der Waals surface area contributed by atoms with E-state index >= 15 is 0 Å². The van der Waals surface area contributed by atoms with Crippen LogP contribution in [-0.4, -0.2) is 50.1 Å². The maximum Gasteiger partial charge on any atom is 0.221 e. The molecule has 0 spiro atoms. The van der Waals surface area contributed by atoms with Crippen molar-refractivity contribution in [3.63, 3.8) is 0 Å². The third kappa shape index (κ3) is 6.03. The summed E-state index contributed by atoms with van der Waals surface area (Å²) in [6.07, 6.45) is 5.63. The highest BCUT2D eigenvalue weighted by Crippen LogP contribution is 2.08. The Labute approximate surface area is 105 Å². The van der Waals surface area contributed by atoms with Gasteiger partial charge in [0.25, 0.3) is 0 Å². The number of carbonyl (C=O) groups excluding carboxylic acids is 1. The molecule has 1 fully saturated rings. The number of hydrogen-bond donors (Lipinski definition) is 2. The number of amides is 1. The second-order valence-corrected chi connectivity index (χ2v) is 4.87. The van der Waals surface area contributed by atoms with E-state index in [0.29, 0.717) is 12.5 Å². The summed E-state index contributed by atoms with van der Waals surface area (Å²) in [7, 11) is 1.71. The van der Waals surface area contributed by atoms with Crippen molar-refractivity contribution in [3.8, 4) is 0 Å². The van der Waals surface area contributed by atoms with Gasteiger partial charge >= 0.3 is 0 Å². The van der Waals surface area contributed by atoms with Crippen molar-refractivity contribution in [2.45, 2.75) is 45.1 Å². The topological polar surface area (TPSA) is 44.4 Å². The smallest absolute Gasteiger partial charge is 0.221 e. The normalized spacial score (nSPS) is 19.8. The first kappa shape index (κ1) is 14.5. The van der Waals surface area contributed by atoms with Gasteiger partial charge < -0.3 is 15.5 Å². The number of carbonyl (C=O) groups is 1. The lowest BCUT2D eigenvalue weighted by Gasteiger charge is -2.25. The van der Waals surface area contributed by atoms with Crippen LogP contribution in [0.15, 0.2) is 0 Å². The predicted molar refractivity (Wildman–Crippen MR) is 71.1 cm³/mol. The molecular weight excluding hydrogens is 214 g/mol. The molecule has 1 atom stereocenters. The molecule has 0 aliphatic carbocycles. The molecule has 1 aliphatic heterocycles. The average Bonchev–Trinajstić information content (AvgIpc) is 2.84. The minimum Gasteiger partial charge on any atom is -0.359 e. The predicted octanol–water partition coefficient (Wildman–Crippen LogP) is 0.977. The third-order valence-corrected chi connectivity index (χ3v) is 3.40. The Kier molecular flexibility index (Phi) is 7.21. The summed E-state index contributed by atoms with van der Waals surface area (Å²) in [5, 5.41) is 6.21. The van der Waals surface area contributed by atoms with Crippen LogP contribution >= 0.6 is 0 Å². The minimum absolute atomic E-state index is 0.144. The van der Waals surface area contributed by atoms with Crippen LogP contribution in [0.25, 0.3) is 0 Å². The lowest BCUT2D eigenvalue weighted by atomic mass is 10.2. The molecule has 1 rings (SSSR count). The van der Waals surface area contributed by atoms with Gasteiger partial charge in [-0.1, -0.05) is 13.3 Å². The highest BCUT2D eigenvalue weighted by Gasteiger charge is 2.17. The average molecular weight is 241 g/mol. The Balaban J connectivity index is 2.27. The molecular formula is C13H27N3O. The highest BCUT2D eigenvalue weighted by atomic mass is 16.1. The van der Waals surface area contributed by atoms with E-state index in [9.17, 15) is 4.79 Å². The molecule has 1 amide bonds. The fourth-order valence-electron chi connectivity index (χ4n) is 2.28. The van der Waals surface area contributed by atoms with Crippen LogP contribution in [0.5, 0.6) is 0 Å². The van der Waals surface area contributed by atoms with E-state index in [1.54, 1.807) is 7.05 Å². The lowest BCUT2D eigenvalue weighted by molar-refractivity contribution is -0.120. The second-order valence-electron chi connectivity index (χ2n) is 4.87. The summed E-state index contributed by atoms with van der Waals surface area (Å²) < 4.78 is 0. The van der Waals surface area contributed by atoms with Gasteiger partial charge in [0.1, 0.15) is 0 Å². The van der Waals surface area contributed by atoms with Crippen LogP contribution in [0.2, 0.25) is 0 Å².